The molecular formula is C11H13F3N4O2. The number of amides is 2. The van der Waals surface area contributed by atoms with Gasteiger partial charge in [-0.3, -0.25) is 19.5 Å². The molecular weight excluding hydrogens is 277 g/mol. The second kappa shape index (κ2) is 6.83. The number of anilines is 1. The third kappa shape index (κ3) is 5.63. The molecule has 1 aromatic rings. The number of alkyl halides is 3. The monoisotopic (exact) mass is 290 g/mol. The van der Waals surface area contributed by atoms with Crippen molar-refractivity contribution in [2.24, 2.45) is 5.73 Å². The highest BCUT2D eigenvalue weighted by Gasteiger charge is 2.34. The highest BCUT2D eigenvalue weighted by atomic mass is 19.4. The zero-order valence-corrected chi connectivity index (χ0v) is 10.4. The fraction of sp³-hybridized carbons (Fsp3) is 0.455. The average molecular weight is 290 g/mol. The van der Waals surface area contributed by atoms with Crippen LogP contribution in [0.3, 0.4) is 0 Å². The first kappa shape index (κ1) is 15.9. The minimum Gasteiger partial charge on any atom is -0.370 e. The van der Waals surface area contributed by atoms with E-state index in [1.54, 1.807) is 0 Å². The van der Waals surface area contributed by atoms with E-state index < -0.39 is 24.4 Å². The molecule has 2 amide bonds. The Morgan fingerprint density at radius 3 is 2.50 bits per heavy atom. The summed E-state index contributed by atoms with van der Waals surface area (Å²) < 4.78 is 36.8. The summed E-state index contributed by atoms with van der Waals surface area (Å²) in [6, 6.07) is 0. The van der Waals surface area contributed by atoms with Crippen molar-refractivity contribution in [1.82, 2.24) is 9.97 Å². The Morgan fingerprint density at radius 1 is 1.30 bits per heavy atom. The summed E-state index contributed by atoms with van der Waals surface area (Å²) in [5.41, 5.74) is 4.94. The molecule has 0 saturated heterocycles. The lowest BCUT2D eigenvalue weighted by Gasteiger charge is -2.21. The molecule has 0 aromatic carbocycles. The number of carbonyl (C=O) groups is 2. The molecule has 9 heteroatoms. The Hall–Kier alpha value is -2.19. The van der Waals surface area contributed by atoms with Gasteiger partial charge >= 0.3 is 6.18 Å². The van der Waals surface area contributed by atoms with Crippen molar-refractivity contribution in [3.8, 4) is 0 Å². The summed E-state index contributed by atoms with van der Waals surface area (Å²) in [6.07, 6.45) is -2.32. The van der Waals surface area contributed by atoms with Crippen LogP contribution in [0.2, 0.25) is 0 Å². The van der Waals surface area contributed by atoms with E-state index in [0.717, 1.165) is 4.90 Å². The zero-order valence-electron chi connectivity index (χ0n) is 10.4. The van der Waals surface area contributed by atoms with E-state index in [0.29, 0.717) is 0 Å². The van der Waals surface area contributed by atoms with E-state index in [1.165, 1.54) is 18.6 Å². The van der Waals surface area contributed by atoms with Gasteiger partial charge in [0.2, 0.25) is 11.8 Å². The summed E-state index contributed by atoms with van der Waals surface area (Å²) in [7, 11) is 0. The van der Waals surface area contributed by atoms with E-state index in [4.69, 9.17) is 5.73 Å². The fourth-order valence-electron chi connectivity index (χ4n) is 1.48. The number of hydrogen-bond donors (Lipinski definition) is 1. The number of primary amides is 1. The average Bonchev–Trinajstić information content (AvgIpc) is 2.33. The van der Waals surface area contributed by atoms with Gasteiger partial charge in [0, 0.05) is 25.4 Å². The van der Waals surface area contributed by atoms with Gasteiger partial charge in [0.15, 0.2) is 5.82 Å². The number of carbonyl (C=O) groups excluding carboxylic acids is 2. The Morgan fingerprint density at radius 2 is 2.00 bits per heavy atom. The van der Waals surface area contributed by atoms with Crippen LogP contribution in [0.4, 0.5) is 19.0 Å². The van der Waals surface area contributed by atoms with Gasteiger partial charge in [-0.2, -0.15) is 13.2 Å². The second-order valence-electron chi connectivity index (χ2n) is 3.97. The van der Waals surface area contributed by atoms with Crippen molar-refractivity contribution < 1.29 is 22.8 Å². The minimum absolute atomic E-state index is 0.00576. The first-order valence-corrected chi connectivity index (χ1v) is 5.71. The van der Waals surface area contributed by atoms with Gasteiger partial charge in [-0.15, -0.1) is 0 Å². The molecule has 0 aliphatic carbocycles. The second-order valence-corrected chi connectivity index (χ2v) is 3.97. The van der Waals surface area contributed by atoms with Gasteiger partial charge in [-0.05, 0) is 6.42 Å². The number of rotatable bonds is 6. The van der Waals surface area contributed by atoms with Crippen molar-refractivity contribution >= 4 is 17.6 Å². The van der Waals surface area contributed by atoms with Gasteiger partial charge in [0.1, 0.15) is 6.42 Å². The smallest absolute Gasteiger partial charge is 0.370 e. The van der Waals surface area contributed by atoms with Crippen LogP contribution in [0.1, 0.15) is 19.3 Å². The van der Waals surface area contributed by atoms with Crippen molar-refractivity contribution in [2.75, 3.05) is 11.4 Å². The maximum absolute atomic E-state index is 12.3. The summed E-state index contributed by atoms with van der Waals surface area (Å²) >= 11 is 0. The lowest BCUT2D eigenvalue weighted by Crippen LogP contribution is -2.36. The van der Waals surface area contributed by atoms with Crippen LogP contribution in [0.15, 0.2) is 18.6 Å². The van der Waals surface area contributed by atoms with Crippen LogP contribution >= 0.6 is 0 Å². The van der Waals surface area contributed by atoms with Gasteiger partial charge < -0.3 is 5.73 Å². The SMILES string of the molecule is NC(=O)CCCN(C(=O)CC(F)(F)F)c1cnccn1. The van der Waals surface area contributed by atoms with Gasteiger partial charge in [-0.25, -0.2) is 4.98 Å². The quantitative estimate of drug-likeness (QED) is 0.847. The molecule has 20 heavy (non-hydrogen) atoms. The molecule has 0 unspecified atom stereocenters. The highest BCUT2D eigenvalue weighted by molar-refractivity contribution is 5.92. The summed E-state index contributed by atoms with van der Waals surface area (Å²) in [5.74, 6) is -1.74. The maximum Gasteiger partial charge on any atom is 0.397 e. The molecule has 0 fully saturated rings. The van der Waals surface area contributed by atoms with E-state index in [2.05, 4.69) is 9.97 Å². The number of halogens is 3. The molecule has 2 N–H and O–H groups in total. The molecule has 110 valence electrons. The van der Waals surface area contributed by atoms with Crippen molar-refractivity contribution in [3.05, 3.63) is 18.6 Å². The van der Waals surface area contributed by atoms with Crippen LogP contribution in [0.5, 0.6) is 0 Å². The van der Waals surface area contributed by atoms with E-state index >= 15 is 0 Å². The molecule has 1 heterocycles. The van der Waals surface area contributed by atoms with E-state index in [-0.39, 0.29) is 25.2 Å². The molecule has 0 radical (unpaired) electrons. The largest absolute Gasteiger partial charge is 0.397 e. The Bertz CT molecular complexity index is 464. The van der Waals surface area contributed by atoms with Crippen LogP contribution in [-0.2, 0) is 9.59 Å². The predicted molar refractivity (Wildman–Crippen MR) is 63.5 cm³/mol. The highest BCUT2D eigenvalue weighted by Crippen LogP contribution is 2.22. The van der Waals surface area contributed by atoms with E-state index in [1.807, 2.05) is 0 Å². The van der Waals surface area contributed by atoms with Crippen LogP contribution in [0, 0.1) is 0 Å². The molecule has 0 bridgehead atoms. The standard InChI is InChI=1S/C11H13F3N4O2/c12-11(13,14)6-10(20)18(5-1-2-8(15)19)9-7-16-3-4-17-9/h3-4,7H,1-2,5-6H2,(H2,15,19). The lowest BCUT2D eigenvalue weighted by atomic mass is 10.2. The number of nitrogens with zero attached hydrogens (tertiary/aromatic N) is 3. The number of aromatic nitrogens is 2. The fourth-order valence-corrected chi connectivity index (χ4v) is 1.48. The van der Waals surface area contributed by atoms with Crippen LogP contribution in [-0.4, -0.2) is 34.5 Å². The number of nitrogens with two attached hydrogens (primary N) is 1. The molecule has 0 saturated carbocycles. The molecule has 0 aliphatic rings. The van der Waals surface area contributed by atoms with Crippen molar-refractivity contribution in [3.63, 3.8) is 0 Å². The van der Waals surface area contributed by atoms with Crippen LogP contribution < -0.4 is 10.6 Å². The predicted octanol–water partition coefficient (Wildman–Crippen LogP) is 1.03. The first-order chi connectivity index (χ1) is 9.29. The molecule has 1 rings (SSSR count). The topological polar surface area (TPSA) is 89.2 Å². The zero-order chi connectivity index (χ0) is 15.2. The molecule has 0 spiro atoms. The Balaban J connectivity index is 2.79. The maximum atomic E-state index is 12.3. The van der Waals surface area contributed by atoms with Gasteiger partial charge in [0.25, 0.3) is 0 Å². The lowest BCUT2D eigenvalue weighted by molar-refractivity contribution is -0.152. The Labute approximate surface area is 112 Å². The van der Waals surface area contributed by atoms with Gasteiger partial charge in [-0.1, -0.05) is 0 Å². The summed E-state index contributed by atoms with van der Waals surface area (Å²) in [4.78, 5) is 30.6. The Kier molecular flexibility index (Phi) is 5.42. The third-order valence-electron chi connectivity index (χ3n) is 2.28. The third-order valence-corrected chi connectivity index (χ3v) is 2.28. The molecule has 6 nitrogen and oxygen atoms in total. The molecule has 0 atom stereocenters. The summed E-state index contributed by atoms with van der Waals surface area (Å²) in [5, 5.41) is 0. The van der Waals surface area contributed by atoms with Gasteiger partial charge in [0.05, 0.1) is 6.20 Å². The van der Waals surface area contributed by atoms with Crippen molar-refractivity contribution in [2.45, 2.75) is 25.4 Å². The van der Waals surface area contributed by atoms with Crippen molar-refractivity contribution in [1.29, 1.82) is 0 Å². The molecule has 0 aliphatic heterocycles. The first-order valence-electron chi connectivity index (χ1n) is 5.71. The van der Waals surface area contributed by atoms with E-state index in [9.17, 15) is 22.8 Å². The molecule has 1 aromatic heterocycles. The number of hydrogen-bond acceptors (Lipinski definition) is 4. The normalized spacial score (nSPS) is 11.2. The van der Waals surface area contributed by atoms with Crippen LogP contribution in [0.25, 0.3) is 0 Å². The summed E-state index contributed by atoms with van der Waals surface area (Å²) in [6.45, 7) is -0.0868. The minimum atomic E-state index is -4.61.